The molecule has 0 radical (unpaired) electrons. The third-order valence-corrected chi connectivity index (χ3v) is 6.27. The van der Waals surface area contributed by atoms with Gasteiger partial charge in [-0.25, -0.2) is 4.79 Å². The Morgan fingerprint density at radius 3 is 1.80 bits per heavy atom. The SMILES string of the molecule is CC(C)(C)OC(=O)NC1CCC(NC(=O)c2ccc(Oc3ccc(C#N)cc3)nc2Oc2ccc(C#N)cc2)CC1. The zero-order valence-corrected chi connectivity index (χ0v) is 23.1. The highest BCUT2D eigenvalue weighted by atomic mass is 16.6. The standard InChI is InChI=1S/C31H31N5O5/c1-31(2,3)41-30(38)35-23-10-8-22(9-11-23)34-28(37)26-16-17-27(39-24-12-4-20(18-32)5-13-24)36-29(26)40-25-14-6-21(19-33)7-15-25/h4-7,12-17,22-23H,8-11H2,1-3H3,(H,34,37)(H,35,38). The van der Waals surface area contributed by atoms with E-state index in [9.17, 15) is 9.59 Å². The smallest absolute Gasteiger partial charge is 0.407 e. The van der Waals surface area contributed by atoms with E-state index >= 15 is 0 Å². The Morgan fingerprint density at radius 2 is 1.29 bits per heavy atom. The second-order valence-corrected chi connectivity index (χ2v) is 10.6. The summed E-state index contributed by atoms with van der Waals surface area (Å²) in [5.41, 5.74) is 0.619. The van der Waals surface area contributed by atoms with E-state index in [0.29, 0.717) is 48.3 Å². The summed E-state index contributed by atoms with van der Waals surface area (Å²) in [4.78, 5) is 29.9. The van der Waals surface area contributed by atoms with Gasteiger partial charge in [-0.1, -0.05) is 0 Å². The first-order valence-corrected chi connectivity index (χ1v) is 13.3. The topological polar surface area (TPSA) is 146 Å². The van der Waals surface area contributed by atoms with Crippen LogP contribution in [0.25, 0.3) is 0 Å². The lowest BCUT2D eigenvalue weighted by Gasteiger charge is -2.30. The second kappa shape index (κ2) is 12.8. The van der Waals surface area contributed by atoms with Crippen LogP contribution in [0.2, 0.25) is 0 Å². The average Bonchev–Trinajstić information content (AvgIpc) is 2.94. The van der Waals surface area contributed by atoms with Crippen LogP contribution in [0.4, 0.5) is 4.79 Å². The van der Waals surface area contributed by atoms with E-state index in [1.165, 1.54) is 0 Å². The third-order valence-electron chi connectivity index (χ3n) is 6.27. The molecule has 2 N–H and O–H groups in total. The van der Waals surface area contributed by atoms with Crippen molar-refractivity contribution >= 4 is 12.0 Å². The molecular formula is C31H31N5O5. The van der Waals surface area contributed by atoms with E-state index in [-0.39, 0.29) is 35.3 Å². The number of ether oxygens (including phenoxy) is 3. The maximum Gasteiger partial charge on any atom is 0.407 e. The number of benzene rings is 2. The highest BCUT2D eigenvalue weighted by molar-refractivity contribution is 5.96. The molecule has 1 fully saturated rings. The summed E-state index contributed by atoms with van der Waals surface area (Å²) in [7, 11) is 0. The first-order valence-electron chi connectivity index (χ1n) is 13.3. The minimum atomic E-state index is -0.566. The molecule has 3 aromatic rings. The molecular weight excluding hydrogens is 522 g/mol. The summed E-state index contributed by atoms with van der Waals surface area (Å²) < 4.78 is 17.1. The molecule has 2 amide bonds. The van der Waals surface area contributed by atoms with E-state index in [4.69, 9.17) is 24.7 Å². The molecule has 1 aliphatic rings. The number of nitrogens with zero attached hydrogens (tertiary/aromatic N) is 3. The normalized spacial score (nSPS) is 16.4. The number of amides is 2. The summed E-state index contributed by atoms with van der Waals surface area (Å²) in [5.74, 6) is 0.751. The molecule has 0 saturated heterocycles. The number of nitrogens with one attached hydrogen (secondary N) is 2. The van der Waals surface area contributed by atoms with Crippen LogP contribution in [0.15, 0.2) is 60.7 Å². The quantitative estimate of drug-likeness (QED) is 0.363. The Bertz CT molecular complexity index is 1460. The van der Waals surface area contributed by atoms with Gasteiger partial charge in [-0.05, 0) is 101 Å². The van der Waals surface area contributed by atoms with Crippen LogP contribution in [-0.2, 0) is 4.74 Å². The van der Waals surface area contributed by atoms with Gasteiger partial charge in [0.1, 0.15) is 22.7 Å². The van der Waals surface area contributed by atoms with Gasteiger partial charge in [-0.2, -0.15) is 15.5 Å². The van der Waals surface area contributed by atoms with Crippen LogP contribution < -0.4 is 20.1 Å². The van der Waals surface area contributed by atoms with Crippen molar-refractivity contribution in [3.63, 3.8) is 0 Å². The molecule has 1 saturated carbocycles. The molecule has 0 unspecified atom stereocenters. The number of pyridine rings is 1. The van der Waals surface area contributed by atoms with Crippen molar-refractivity contribution in [1.29, 1.82) is 10.5 Å². The van der Waals surface area contributed by atoms with Crippen molar-refractivity contribution in [3.05, 3.63) is 77.4 Å². The Hall–Kier alpha value is -5.09. The minimum Gasteiger partial charge on any atom is -0.444 e. The van der Waals surface area contributed by atoms with Crippen molar-refractivity contribution in [2.45, 2.75) is 64.1 Å². The summed E-state index contributed by atoms with van der Waals surface area (Å²) in [6, 6.07) is 20.2. The summed E-state index contributed by atoms with van der Waals surface area (Å²) in [6.45, 7) is 5.46. The lowest BCUT2D eigenvalue weighted by molar-refractivity contribution is 0.0487. The molecule has 41 heavy (non-hydrogen) atoms. The molecule has 0 aliphatic heterocycles. The van der Waals surface area contributed by atoms with E-state index in [1.807, 2.05) is 20.8 Å². The van der Waals surface area contributed by atoms with Gasteiger partial charge in [0, 0.05) is 18.2 Å². The maximum absolute atomic E-state index is 13.3. The first-order chi connectivity index (χ1) is 19.6. The van der Waals surface area contributed by atoms with Crippen LogP contribution in [0.3, 0.4) is 0 Å². The highest BCUT2D eigenvalue weighted by Gasteiger charge is 2.27. The first kappa shape index (κ1) is 28.9. The van der Waals surface area contributed by atoms with Gasteiger partial charge in [-0.15, -0.1) is 0 Å². The minimum absolute atomic E-state index is 0.0198. The number of hydrogen-bond donors (Lipinski definition) is 2. The number of nitriles is 2. The van der Waals surface area contributed by atoms with Gasteiger partial charge >= 0.3 is 6.09 Å². The maximum atomic E-state index is 13.3. The third kappa shape index (κ3) is 8.45. The lowest BCUT2D eigenvalue weighted by atomic mass is 9.91. The van der Waals surface area contributed by atoms with E-state index < -0.39 is 11.7 Å². The van der Waals surface area contributed by atoms with Gasteiger partial charge in [0.15, 0.2) is 0 Å². The van der Waals surface area contributed by atoms with E-state index in [0.717, 1.165) is 0 Å². The van der Waals surface area contributed by atoms with E-state index in [1.54, 1.807) is 60.7 Å². The zero-order chi connectivity index (χ0) is 29.4. The number of aromatic nitrogens is 1. The largest absolute Gasteiger partial charge is 0.444 e. The van der Waals surface area contributed by atoms with E-state index in [2.05, 4.69) is 27.8 Å². The van der Waals surface area contributed by atoms with Crippen molar-refractivity contribution in [2.75, 3.05) is 0 Å². The molecule has 4 rings (SSSR count). The number of alkyl carbamates (subject to hydrolysis) is 1. The monoisotopic (exact) mass is 553 g/mol. The molecule has 1 aromatic heterocycles. The fourth-order valence-electron chi connectivity index (χ4n) is 4.28. The summed E-state index contributed by atoms with van der Waals surface area (Å²) in [5, 5.41) is 24.1. The van der Waals surface area contributed by atoms with Crippen molar-refractivity contribution < 1.29 is 23.8 Å². The van der Waals surface area contributed by atoms with Crippen LogP contribution in [0, 0.1) is 22.7 Å². The van der Waals surface area contributed by atoms with Crippen LogP contribution in [-0.4, -0.2) is 34.7 Å². The van der Waals surface area contributed by atoms with Gasteiger partial charge in [-0.3, -0.25) is 4.79 Å². The molecule has 2 aromatic carbocycles. The predicted molar refractivity (Wildman–Crippen MR) is 150 cm³/mol. The molecule has 0 atom stereocenters. The lowest BCUT2D eigenvalue weighted by Crippen LogP contribution is -2.45. The molecule has 0 spiro atoms. The van der Waals surface area contributed by atoms with Gasteiger partial charge in [0.2, 0.25) is 11.8 Å². The van der Waals surface area contributed by atoms with Crippen molar-refractivity contribution in [3.8, 4) is 35.4 Å². The molecule has 0 bridgehead atoms. The van der Waals surface area contributed by atoms with Crippen molar-refractivity contribution in [2.24, 2.45) is 0 Å². The zero-order valence-electron chi connectivity index (χ0n) is 23.1. The number of rotatable bonds is 7. The van der Waals surface area contributed by atoms with Gasteiger partial charge in [0.25, 0.3) is 5.91 Å². The van der Waals surface area contributed by atoms with Crippen LogP contribution in [0.5, 0.6) is 23.3 Å². The Kier molecular flexibility index (Phi) is 9.05. The highest BCUT2D eigenvalue weighted by Crippen LogP contribution is 2.29. The molecule has 10 nitrogen and oxygen atoms in total. The molecule has 10 heteroatoms. The molecule has 1 aliphatic carbocycles. The fraction of sp³-hybridized carbons (Fsp3) is 0.323. The van der Waals surface area contributed by atoms with Crippen LogP contribution >= 0.6 is 0 Å². The Morgan fingerprint density at radius 1 is 0.780 bits per heavy atom. The second-order valence-electron chi connectivity index (χ2n) is 10.6. The summed E-state index contributed by atoms with van der Waals surface area (Å²) in [6.07, 6.45) is 2.34. The van der Waals surface area contributed by atoms with Crippen LogP contribution in [0.1, 0.15) is 67.9 Å². The van der Waals surface area contributed by atoms with Crippen molar-refractivity contribution in [1.82, 2.24) is 15.6 Å². The number of carbonyl (C=O) groups excluding carboxylic acids is 2. The van der Waals surface area contributed by atoms with Gasteiger partial charge < -0.3 is 24.8 Å². The molecule has 1 heterocycles. The average molecular weight is 554 g/mol. The number of carbonyl (C=O) groups is 2. The summed E-state index contributed by atoms with van der Waals surface area (Å²) >= 11 is 0. The van der Waals surface area contributed by atoms with Gasteiger partial charge in [0.05, 0.1) is 23.3 Å². The Balaban J connectivity index is 1.45. The number of hydrogen-bond acceptors (Lipinski definition) is 8. The molecule has 210 valence electrons. The Labute approximate surface area is 238 Å². The fourth-order valence-corrected chi connectivity index (χ4v) is 4.28. The predicted octanol–water partition coefficient (Wildman–Crippen LogP) is 5.98.